The van der Waals surface area contributed by atoms with Crippen LogP contribution in [0.15, 0.2) is 41.8 Å². The Bertz CT molecular complexity index is 822. The lowest BCUT2D eigenvalue weighted by Gasteiger charge is -2.35. The first-order valence-corrected chi connectivity index (χ1v) is 9.54. The van der Waals surface area contributed by atoms with Crippen LogP contribution in [0.5, 0.6) is 0 Å². The lowest BCUT2D eigenvalue weighted by Crippen LogP contribution is -2.55. The summed E-state index contributed by atoms with van der Waals surface area (Å²) in [6, 6.07) is 7.68. The Morgan fingerprint density at radius 1 is 1.33 bits per heavy atom. The van der Waals surface area contributed by atoms with Crippen molar-refractivity contribution in [2.75, 3.05) is 12.4 Å². The zero-order valence-corrected chi connectivity index (χ0v) is 14.4. The smallest absolute Gasteiger partial charge is 0.280 e. The van der Waals surface area contributed by atoms with Gasteiger partial charge in [0.25, 0.3) is 10.2 Å². The SMILES string of the molecule is CN1C(C(=O)Nc2ccc(F)cc2)CC(c2cccs2)NS1(=O)=O. The molecular formula is C15H16FN3O3S2. The van der Waals surface area contributed by atoms with E-state index < -0.39 is 34.0 Å². The number of likely N-dealkylation sites (N-methyl/N-ethyl adjacent to an activating group) is 1. The summed E-state index contributed by atoms with van der Waals surface area (Å²) in [5.74, 6) is -0.858. The fourth-order valence-corrected chi connectivity index (χ4v) is 4.68. The average molecular weight is 369 g/mol. The van der Waals surface area contributed by atoms with Crippen molar-refractivity contribution in [2.45, 2.75) is 18.5 Å². The molecule has 24 heavy (non-hydrogen) atoms. The van der Waals surface area contributed by atoms with Gasteiger partial charge in [0.15, 0.2) is 0 Å². The number of amides is 1. The Labute approximate surface area is 143 Å². The van der Waals surface area contributed by atoms with E-state index in [4.69, 9.17) is 0 Å². The summed E-state index contributed by atoms with van der Waals surface area (Å²) < 4.78 is 41.1. The molecule has 0 radical (unpaired) electrons. The molecule has 1 aromatic heterocycles. The molecule has 0 aliphatic carbocycles. The molecule has 2 unspecified atom stereocenters. The van der Waals surface area contributed by atoms with E-state index in [1.165, 1.54) is 42.6 Å². The number of nitrogens with one attached hydrogen (secondary N) is 2. The number of rotatable bonds is 3. The molecule has 0 saturated carbocycles. The van der Waals surface area contributed by atoms with E-state index >= 15 is 0 Å². The molecule has 1 amide bonds. The van der Waals surface area contributed by atoms with Gasteiger partial charge in [-0.25, -0.2) is 4.39 Å². The molecule has 0 bridgehead atoms. The van der Waals surface area contributed by atoms with Crippen LogP contribution >= 0.6 is 11.3 Å². The molecule has 2 heterocycles. The highest BCUT2D eigenvalue weighted by atomic mass is 32.2. The number of anilines is 1. The maximum atomic E-state index is 12.9. The van der Waals surface area contributed by atoms with Crippen molar-refractivity contribution < 1.29 is 17.6 Å². The quantitative estimate of drug-likeness (QED) is 0.870. The first-order valence-electron chi connectivity index (χ1n) is 7.22. The molecule has 9 heteroatoms. The zero-order valence-electron chi connectivity index (χ0n) is 12.8. The zero-order chi connectivity index (χ0) is 17.3. The van der Waals surface area contributed by atoms with Gasteiger partial charge in [-0.05, 0) is 42.1 Å². The number of hydrogen-bond donors (Lipinski definition) is 2. The van der Waals surface area contributed by atoms with Crippen molar-refractivity contribution in [3.05, 3.63) is 52.5 Å². The van der Waals surface area contributed by atoms with Crippen LogP contribution in [0.3, 0.4) is 0 Å². The second-order valence-electron chi connectivity index (χ2n) is 5.45. The van der Waals surface area contributed by atoms with E-state index in [1.54, 1.807) is 0 Å². The monoisotopic (exact) mass is 369 g/mol. The number of benzene rings is 1. The van der Waals surface area contributed by atoms with E-state index in [0.29, 0.717) is 12.1 Å². The Balaban J connectivity index is 1.81. The van der Waals surface area contributed by atoms with Crippen LogP contribution in [0.2, 0.25) is 0 Å². The lowest BCUT2D eigenvalue weighted by molar-refractivity contribution is -0.120. The Morgan fingerprint density at radius 2 is 2.04 bits per heavy atom. The summed E-state index contributed by atoms with van der Waals surface area (Å²) in [5.41, 5.74) is 0.415. The summed E-state index contributed by atoms with van der Waals surface area (Å²) in [6.07, 6.45) is 0.309. The van der Waals surface area contributed by atoms with Crippen LogP contribution in [0, 0.1) is 5.82 Å². The highest BCUT2D eigenvalue weighted by molar-refractivity contribution is 7.87. The fraction of sp³-hybridized carbons (Fsp3) is 0.267. The fourth-order valence-electron chi connectivity index (χ4n) is 2.54. The number of hydrogen-bond acceptors (Lipinski definition) is 4. The maximum Gasteiger partial charge on any atom is 0.280 e. The molecule has 6 nitrogen and oxygen atoms in total. The topological polar surface area (TPSA) is 78.5 Å². The number of carbonyl (C=O) groups is 1. The Hall–Kier alpha value is -1.81. The molecule has 1 saturated heterocycles. The van der Waals surface area contributed by atoms with Crippen LogP contribution in [-0.4, -0.2) is 31.7 Å². The van der Waals surface area contributed by atoms with Gasteiger partial charge in [-0.1, -0.05) is 6.07 Å². The molecule has 2 N–H and O–H groups in total. The van der Waals surface area contributed by atoms with Gasteiger partial charge in [-0.15, -0.1) is 11.3 Å². The van der Waals surface area contributed by atoms with Crippen molar-refractivity contribution in [1.82, 2.24) is 9.03 Å². The van der Waals surface area contributed by atoms with E-state index in [0.717, 1.165) is 9.18 Å². The second kappa shape index (κ2) is 6.60. The van der Waals surface area contributed by atoms with E-state index in [1.807, 2.05) is 17.5 Å². The Kier molecular flexibility index (Phi) is 4.68. The molecule has 1 aliphatic rings. The highest BCUT2D eigenvalue weighted by Gasteiger charge is 2.40. The van der Waals surface area contributed by atoms with Gasteiger partial charge in [-0.2, -0.15) is 17.4 Å². The van der Waals surface area contributed by atoms with Gasteiger partial charge in [0, 0.05) is 17.6 Å². The predicted octanol–water partition coefficient (Wildman–Crippen LogP) is 2.11. The third-order valence-corrected chi connectivity index (χ3v) is 6.45. The van der Waals surface area contributed by atoms with Crippen molar-refractivity contribution in [2.24, 2.45) is 0 Å². The average Bonchev–Trinajstić information content (AvgIpc) is 3.06. The van der Waals surface area contributed by atoms with Crippen LogP contribution in [0.4, 0.5) is 10.1 Å². The number of thiophene rings is 1. The number of carbonyl (C=O) groups excluding carboxylic acids is 1. The van der Waals surface area contributed by atoms with Gasteiger partial charge >= 0.3 is 0 Å². The summed E-state index contributed by atoms with van der Waals surface area (Å²) in [4.78, 5) is 13.4. The normalized spacial score (nSPS) is 23.8. The molecule has 2 atom stereocenters. The highest BCUT2D eigenvalue weighted by Crippen LogP contribution is 2.30. The molecule has 2 aromatic rings. The minimum absolute atomic E-state index is 0.309. The number of halogens is 1. The summed E-state index contributed by atoms with van der Waals surface area (Å²) in [6.45, 7) is 0. The standard InChI is InChI=1S/C15H16FN3O3S2/c1-19-13(15(20)17-11-6-4-10(16)5-7-11)9-12(18-24(19,21)22)14-3-2-8-23-14/h2-8,12-13,18H,9H2,1H3,(H,17,20). The summed E-state index contributed by atoms with van der Waals surface area (Å²) in [5, 5.41) is 4.49. The minimum Gasteiger partial charge on any atom is -0.325 e. The van der Waals surface area contributed by atoms with Crippen LogP contribution < -0.4 is 10.0 Å². The van der Waals surface area contributed by atoms with E-state index in [9.17, 15) is 17.6 Å². The number of nitrogens with zero attached hydrogens (tertiary/aromatic N) is 1. The third kappa shape index (κ3) is 3.48. The molecule has 1 aromatic carbocycles. The van der Waals surface area contributed by atoms with Crippen molar-refractivity contribution in [1.29, 1.82) is 0 Å². The maximum absolute atomic E-state index is 12.9. The van der Waals surface area contributed by atoms with Crippen LogP contribution in [0.1, 0.15) is 17.3 Å². The first-order chi connectivity index (χ1) is 11.4. The van der Waals surface area contributed by atoms with Crippen molar-refractivity contribution in [3.8, 4) is 0 Å². The molecule has 0 spiro atoms. The van der Waals surface area contributed by atoms with Gasteiger partial charge in [-0.3, -0.25) is 4.79 Å². The minimum atomic E-state index is -3.76. The molecule has 1 aliphatic heterocycles. The van der Waals surface area contributed by atoms with Crippen LogP contribution in [0.25, 0.3) is 0 Å². The molecule has 128 valence electrons. The summed E-state index contributed by atoms with van der Waals surface area (Å²) >= 11 is 1.43. The lowest BCUT2D eigenvalue weighted by atomic mass is 10.1. The van der Waals surface area contributed by atoms with Gasteiger partial charge in [0.05, 0.1) is 6.04 Å². The largest absolute Gasteiger partial charge is 0.325 e. The summed E-state index contributed by atoms with van der Waals surface area (Å²) in [7, 11) is -2.40. The predicted molar refractivity (Wildman–Crippen MR) is 90.3 cm³/mol. The van der Waals surface area contributed by atoms with Gasteiger partial charge < -0.3 is 5.32 Å². The van der Waals surface area contributed by atoms with Crippen molar-refractivity contribution in [3.63, 3.8) is 0 Å². The third-order valence-electron chi connectivity index (χ3n) is 3.87. The molecular weight excluding hydrogens is 353 g/mol. The van der Waals surface area contributed by atoms with Gasteiger partial charge in [0.2, 0.25) is 5.91 Å². The van der Waals surface area contributed by atoms with Gasteiger partial charge in [0.1, 0.15) is 11.9 Å². The van der Waals surface area contributed by atoms with Crippen molar-refractivity contribution >= 4 is 33.1 Å². The van der Waals surface area contributed by atoms with E-state index in [2.05, 4.69) is 10.0 Å². The Morgan fingerprint density at radius 3 is 2.67 bits per heavy atom. The van der Waals surface area contributed by atoms with Crippen LogP contribution in [-0.2, 0) is 15.0 Å². The molecule has 3 rings (SSSR count). The first kappa shape index (κ1) is 17.0. The van der Waals surface area contributed by atoms with E-state index in [-0.39, 0.29) is 0 Å². The molecule has 1 fully saturated rings. The second-order valence-corrected chi connectivity index (χ2v) is 8.20.